The number of benzene rings is 1. The van der Waals surface area contributed by atoms with Crippen LogP contribution in [0.1, 0.15) is 41.9 Å². The maximum atomic E-state index is 12.4. The monoisotopic (exact) mass is 379 g/mol. The Balaban J connectivity index is 1.40. The van der Waals surface area contributed by atoms with Crippen molar-refractivity contribution in [3.63, 3.8) is 0 Å². The van der Waals surface area contributed by atoms with Crippen LogP contribution in [0.15, 0.2) is 42.6 Å². The van der Waals surface area contributed by atoms with E-state index in [1.165, 1.54) is 19.8 Å². The van der Waals surface area contributed by atoms with Crippen LogP contribution in [0.3, 0.4) is 0 Å². The lowest BCUT2D eigenvalue weighted by atomic mass is 10.1. The normalized spacial score (nSPS) is 23.7. The summed E-state index contributed by atoms with van der Waals surface area (Å²) in [7, 11) is 0. The molecule has 2 aromatic rings. The van der Waals surface area contributed by atoms with Gasteiger partial charge in [-0.05, 0) is 49.2 Å². The Bertz CT molecular complexity index is 842. The summed E-state index contributed by atoms with van der Waals surface area (Å²) < 4.78 is 0. The van der Waals surface area contributed by atoms with Gasteiger partial charge in [0.05, 0.1) is 23.6 Å². The van der Waals surface area contributed by atoms with Crippen LogP contribution in [0.4, 0.5) is 11.4 Å². The van der Waals surface area contributed by atoms with Gasteiger partial charge in [0, 0.05) is 43.9 Å². The van der Waals surface area contributed by atoms with Crippen molar-refractivity contribution < 1.29 is 9.59 Å². The van der Waals surface area contributed by atoms with Gasteiger partial charge in [0.15, 0.2) is 0 Å². The molecule has 3 aliphatic rings. The number of hydrogen-bond acceptors (Lipinski definition) is 5. The molecule has 2 bridgehead atoms. The van der Waals surface area contributed by atoms with Crippen molar-refractivity contribution in [1.82, 2.24) is 15.2 Å². The van der Waals surface area contributed by atoms with Crippen molar-refractivity contribution in [2.75, 3.05) is 30.3 Å². The van der Waals surface area contributed by atoms with E-state index in [9.17, 15) is 9.59 Å². The summed E-state index contributed by atoms with van der Waals surface area (Å²) in [5.74, 6) is -0.348. The van der Waals surface area contributed by atoms with Gasteiger partial charge in [0.25, 0.3) is 5.91 Å². The van der Waals surface area contributed by atoms with Gasteiger partial charge in [-0.3, -0.25) is 19.5 Å². The third-order valence-corrected chi connectivity index (χ3v) is 5.42. The number of carbonyl (C=O) groups excluding carboxylic acids is 2. The average molecular weight is 379 g/mol. The van der Waals surface area contributed by atoms with Crippen LogP contribution in [0.2, 0.25) is 0 Å². The molecule has 3 saturated heterocycles. The number of piperidine rings is 1. The van der Waals surface area contributed by atoms with Gasteiger partial charge >= 0.3 is 0 Å². The number of nitrogens with zero attached hydrogens (tertiary/aromatic N) is 2. The van der Waals surface area contributed by atoms with E-state index in [0.29, 0.717) is 29.0 Å². The van der Waals surface area contributed by atoms with Crippen molar-refractivity contribution >= 4 is 23.2 Å². The number of amides is 2. The van der Waals surface area contributed by atoms with Gasteiger partial charge in [-0.25, -0.2) is 0 Å². The minimum Gasteiger partial charge on any atom is -0.326 e. The molecule has 4 heterocycles. The van der Waals surface area contributed by atoms with Crippen LogP contribution in [-0.4, -0.2) is 47.4 Å². The van der Waals surface area contributed by atoms with Crippen LogP contribution in [0.5, 0.6) is 0 Å². The van der Waals surface area contributed by atoms with E-state index in [-0.39, 0.29) is 11.8 Å². The highest BCUT2D eigenvalue weighted by molar-refractivity contribution is 6.04. The summed E-state index contributed by atoms with van der Waals surface area (Å²) in [6, 6.07) is 11.6. The van der Waals surface area contributed by atoms with E-state index in [0.717, 1.165) is 25.3 Å². The molecule has 2 amide bonds. The second-order valence-corrected chi connectivity index (χ2v) is 7.42. The predicted molar refractivity (Wildman–Crippen MR) is 108 cm³/mol. The lowest BCUT2D eigenvalue weighted by molar-refractivity contribution is -0.114. The van der Waals surface area contributed by atoms with Gasteiger partial charge in [0.1, 0.15) is 0 Å². The lowest BCUT2D eigenvalue weighted by Gasteiger charge is -2.31. The van der Waals surface area contributed by atoms with Crippen LogP contribution in [0, 0.1) is 0 Å². The van der Waals surface area contributed by atoms with Gasteiger partial charge in [-0.1, -0.05) is 0 Å². The Morgan fingerprint density at radius 3 is 2.39 bits per heavy atom. The first-order valence-electron chi connectivity index (χ1n) is 9.71. The van der Waals surface area contributed by atoms with Crippen LogP contribution in [-0.2, 0) is 4.79 Å². The van der Waals surface area contributed by atoms with Crippen LogP contribution < -0.4 is 16.0 Å². The van der Waals surface area contributed by atoms with Crippen molar-refractivity contribution in [3.05, 3.63) is 53.9 Å². The third kappa shape index (κ3) is 4.21. The Morgan fingerprint density at radius 1 is 1.04 bits per heavy atom. The molecule has 7 heteroatoms. The van der Waals surface area contributed by atoms with E-state index in [4.69, 9.17) is 0 Å². The second-order valence-electron chi connectivity index (χ2n) is 7.42. The van der Waals surface area contributed by atoms with Crippen molar-refractivity contribution in [2.45, 2.75) is 31.8 Å². The zero-order valence-corrected chi connectivity index (χ0v) is 15.9. The minimum absolute atomic E-state index is 0.142. The fourth-order valence-electron chi connectivity index (χ4n) is 3.90. The SMILES string of the molecule is CC(=O)Nc1ccc(C(=O)Nc2ccc(C3CNC4CCN3CC4)nc2)cc1. The first-order valence-corrected chi connectivity index (χ1v) is 9.71. The summed E-state index contributed by atoms with van der Waals surface area (Å²) in [6.45, 7) is 4.59. The standard InChI is InChI=1S/C21H25N5O2/c1-14(27)24-17-4-2-15(3-5-17)21(28)25-18-6-7-19(23-12-18)20-13-22-16-8-10-26(20)11-9-16/h2-7,12,16,20,22H,8-11,13H2,1H3,(H,24,27)(H,25,28). The van der Waals surface area contributed by atoms with Crippen LogP contribution in [0.25, 0.3) is 0 Å². The van der Waals surface area contributed by atoms with Crippen LogP contribution >= 0.6 is 0 Å². The summed E-state index contributed by atoms with van der Waals surface area (Å²) in [6.07, 6.45) is 4.12. The fourth-order valence-corrected chi connectivity index (χ4v) is 3.90. The van der Waals surface area contributed by atoms with Gasteiger partial charge < -0.3 is 16.0 Å². The molecule has 3 N–H and O–H groups in total. The zero-order chi connectivity index (χ0) is 19.5. The molecule has 0 spiro atoms. The summed E-state index contributed by atoms with van der Waals surface area (Å²) in [4.78, 5) is 30.6. The van der Waals surface area contributed by atoms with Gasteiger partial charge in [-0.2, -0.15) is 0 Å². The fraction of sp³-hybridized carbons (Fsp3) is 0.381. The molecule has 0 saturated carbocycles. The van der Waals surface area contributed by atoms with Gasteiger partial charge in [-0.15, -0.1) is 0 Å². The lowest BCUT2D eigenvalue weighted by Crippen LogP contribution is -2.35. The second kappa shape index (κ2) is 8.08. The maximum absolute atomic E-state index is 12.4. The zero-order valence-electron chi connectivity index (χ0n) is 15.9. The Labute approximate surface area is 164 Å². The highest BCUT2D eigenvalue weighted by Crippen LogP contribution is 2.27. The maximum Gasteiger partial charge on any atom is 0.255 e. The van der Waals surface area contributed by atoms with Crippen molar-refractivity contribution in [2.24, 2.45) is 0 Å². The number of rotatable bonds is 4. The molecule has 0 radical (unpaired) electrons. The number of nitrogens with one attached hydrogen (secondary N) is 3. The first-order chi connectivity index (χ1) is 13.6. The largest absolute Gasteiger partial charge is 0.326 e. The quantitative estimate of drug-likeness (QED) is 0.759. The molecule has 1 atom stereocenters. The smallest absolute Gasteiger partial charge is 0.255 e. The molecule has 3 aliphatic heterocycles. The van der Waals surface area contributed by atoms with E-state index in [2.05, 4.69) is 25.8 Å². The minimum atomic E-state index is -0.206. The van der Waals surface area contributed by atoms with E-state index < -0.39 is 0 Å². The number of carbonyl (C=O) groups is 2. The molecule has 3 fully saturated rings. The molecule has 1 unspecified atom stereocenters. The molecule has 0 aliphatic carbocycles. The third-order valence-electron chi connectivity index (χ3n) is 5.42. The number of hydrogen-bond donors (Lipinski definition) is 3. The first kappa shape index (κ1) is 18.6. The topological polar surface area (TPSA) is 86.4 Å². The van der Waals surface area contributed by atoms with E-state index >= 15 is 0 Å². The number of pyridine rings is 1. The Morgan fingerprint density at radius 2 is 1.75 bits per heavy atom. The number of anilines is 2. The molecule has 1 aromatic carbocycles. The number of fused-ring (bicyclic) bond motifs is 4. The number of aromatic nitrogens is 1. The van der Waals surface area contributed by atoms with E-state index in [1.807, 2.05) is 12.1 Å². The highest BCUT2D eigenvalue weighted by Gasteiger charge is 2.31. The Kier molecular flexibility index (Phi) is 5.36. The van der Waals surface area contributed by atoms with E-state index in [1.54, 1.807) is 30.5 Å². The molecule has 5 rings (SSSR count). The summed E-state index contributed by atoms with van der Waals surface area (Å²) in [5, 5.41) is 9.19. The summed E-state index contributed by atoms with van der Waals surface area (Å²) >= 11 is 0. The molecule has 28 heavy (non-hydrogen) atoms. The Hall–Kier alpha value is -2.77. The molecular weight excluding hydrogens is 354 g/mol. The molecule has 146 valence electrons. The average Bonchev–Trinajstić information content (AvgIpc) is 3.03. The molecule has 7 nitrogen and oxygen atoms in total. The summed E-state index contributed by atoms with van der Waals surface area (Å²) in [5.41, 5.74) is 2.89. The van der Waals surface area contributed by atoms with Crippen molar-refractivity contribution in [1.29, 1.82) is 0 Å². The highest BCUT2D eigenvalue weighted by atomic mass is 16.2. The molecule has 1 aromatic heterocycles. The molecular formula is C21H25N5O2. The predicted octanol–water partition coefficient (Wildman–Crippen LogP) is 2.40. The van der Waals surface area contributed by atoms with Crippen molar-refractivity contribution in [3.8, 4) is 0 Å². The van der Waals surface area contributed by atoms with Gasteiger partial charge in [0.2, 0.25) is 5.91 Å².